The third kappa shape index (κ3) is 3.54. The van der Waals surface area contributed by atoms with E-state index in [4.69, 9.17) is 0 Å². The molecule has 14 heavy (non-hydrogen) atoms. The van der Waals surface area contributed by atoms with E-state index >= 15 is 0 Å². The summed E-state index contributed by atoms with van der Waals surface area (Å²) in [5, 5.41) is 3.04. The van der Waals surface area contributed by atoms with E-state index in [9.17, 15) is 4.79 Å². The fraction of sp³-hybridized carbons (Fsp3) is 0.900. The number of nitrogens with zero attached hydrogens (tertiary/aromatic N) is 2. The fourth-order valence-corrected chi connectivity index (χ4v) is 1.69. The van der Waals surface area contributed by atoms with Crippen LogP contribution in [0.25, 0.3) is 0 Å². The molecule has 82 valence electrons. The molecule has 0 aromatic heterocycles. The van der Waals surface area contributed by atoms with E-state index in [0.717, 1.165) is 25.9 Å². The molecule has 1 atom stereocenters. The van der Waals surface area contributed by atoms with Gasteiger partial charge in [-0.1, -0.05) is 0 Å². The maximum Gasteiger partial charge on any atom is 0.317 e. The van der Waals surface area contributed by atoms with E-state index in [1.54, 1.807) is 19.0 Å². The zero-order chi connectivity index (χ0) is 10.6. The van der Waals surface area contributed by atoms with Gasteiger partial charge in [-0.25, -0.2) is 4.79 Å². The Balaban J connectivity index is 2.33. The van der Waals surface area contributed by atoms with Gasteiger partial charge in [0.25, 0.3) is 0 Å². The lowest BCUT2D eigenvalue weighted by molar-refractivity contribution is 0.211. The number of hydrogen-bond donors (Lipinski definition) is 1. The first-order chi connectivity index (χ1) is 6.59. The van der Waals surface area contributed by atoms with Crippen LogP contribution in [0.5, 0.6) is 0 Å². The molecule has 1 N–H and O–H groups in total. The van der Waals surface area contributed by atoms with E-state index in [1.165, 1.54) is 6.42 Å². The van der Waals surface area contributed by atoms with Crippen LogP contribution >= 0.6 is 0 Å². The molecule has 0 aromatic carbocycles. The van der Waals surface area contributed by atoms with Crippen molar-refractivity contribution in [2.45, 2.75) is 25.3 Å². The summed E-state index contributed by atoms with van der Waals surface area (Å²) < 4.78 is 0. The van der Waals surface area contributed by atoms with Gasteiger partial charge in [0.1, 0.15) is 0 Å². The van der Waals surface area contributed by atoms with Gasteiger partial charge in [-0.2, -0.15) is 0 Å². The molecule has 1 heterocycles. The van der Waals surface area contributed by atoms with E-state index in [1.807, 2.05) is 0 Å². The third-order valence-corrected chi connectivity index (χ3v) is 2.69. The highest BCUT2D eigenvalue weighted by Crippen LogP contribution is 2.09. The van der Waals surface area contributed by atoms with Crippen molar-refractivity contribution in [1.29, 1.82) is 0 Å². The largest absolute Gasteiger partial charge is 0.335 e. The number of rotatable bonds is 1. The minimum atomic E-state index is 0.0274. The molecule has 1 aliphatic rings. The zero-order valence-electron chi connectivity index (χ0n) is 9.42. The highest BCUT2D eigenvalue weighted by Gasteiger charge is 2.16. The predicted octanol–water partition coefficient (Wildman–Crippen LogP) is 0.742. The van der Waals surface area contributed by atoms with Gasteiger partial charge in [0.15, 0.2) is 0 Å². The lowest BCUT2D eigenvalue weighted by Gasteiger charge is -2.19. The summed E-state index contributed by atoms with van der Waals surface area (Å²) in [6, 6.07) is 0.384. The molecule has 4 nitrogen and oxygen atoms in total. The number of urea groups is 1. The van der Waals surface area contributed by atoms with Gasteiger partial charge in [0.05, 0.1) is 0 Å². The van der Waals surface area contributed by atoms with Gasteiger partial charge in [-0.3, -0.25) is 0 Å². The maximum atomic E-state index is 11.4. The van der Waals surface area contributed by atoms with Crippen molar-refractivity contribution in [2.75, 3.05) is 34.2 Å². The molecule has 1 fully saturated rings. The van der Waals surface area contributed by atoms with Crippen LogP contribution in [0.4, 0.5) is 4.79 Å². The van der Waals surface area contributed by atoms with Crippen LogP contribution in [0.1, 0.15) is 19.3 Å². The van der Waals surface area contributed by atoms with Crippen molar-refractivity contribution in [2.24, 2.45) is 0 Å². The Kier molecular flexibility index (Phi) is 4.20. The minimum absolute atomic E-state index is 0.0274. The van der Waals surface area contributed by atoms with E-state index in [0.29, 0.717) is 6.04 Å². The topological polar surface area (TPSA) is 35.6 Å². The normalized spacial score (nSPS) is 24.1. The molecule has 0 bridgehead atoms. The summed E-state index contributed by atoms with van der Waals surface area (Å²) >= 11 is 0. The quantitative estimate of drug-likeness (QED) is 0.676. The average Bonchev–Trinajstić information content (AvgIpc) is 2.31. The Bertz CT molecular complexity index is 194. The summed E-state index contributed by atoms with van der Waals surface area (Å²) in [7, 11) is 5.69. The first kappa shape index (κ1) is 11.3. The van der Waals surface area contributed by atoms with Crippen molar-refractivity contribution < 1.29 is 4.79 Å². The van der Waals surface area contributed by atoms with Crippen LogP contribution in [0, 0.1) is 0 Å². The van der Waals surface area contributed by atoms with Gasteiger partial charge < -0.3 is 15.1 Å². The van der Waals surface area contributed by atoms with E-state index < -0.39 is 0 Å². The number of carbonyl (C=O) groups is 1. The van der Waals surface area contributed by atoms with Crippen LogP contribution < -0.4 is 5.32 Å². The second-order valence-electron chi connectivity index (χ2n) is 4.28. The molecule has 0 aliphatic carbocycles. The van der Waals surface area contributed by atoms with Crippen molar-refractivity contribution in [3.8, 4) is 0 Å². The smallest absolute Gasteiger partial charge is 0.317 e. The molecule has 1 unspecified atom stereocenters. The van der Waals surface area contributed by atoms with E-state index in [2.05, 4.69) is 17.3 Å². The second kappa shape index (κ2) is 5.20. The monoisotopic (exact) mass is 199 g/mol. The lowest BCUT2D eigenvalue weighted by Crippen LogP contribution is -2.41. The summed E-state index contributed by atoms with van der Waals surface area (Å²) in [5.41, 5.74) is 0. The number of amides is 2. The van der Waals surface area contributed by atoms with Gasteiger partial charge in [0, 0.05) is 20.1 Å². The van der Waals surface area contributed by atoms with E-state index in [-0.39, 0.29) is 6.03 Å². The second-order valence-corrected chi connectivity index (χ2v) is 4.28. The molecule has 2 amide bonds. The van der Waals surface area contributed by atoms with Gasteiger partial charge in [-0.15, -0.1) is 0 Å². The molecule has 0 spiro atoms. The number of carbonyl (C=O) groups excluding carboxylic acids is 1. The molecule has 0 radical (unpaired) electrons. The number of likely N-dealkylation sites (tertiary alicyclic amines) is 1. The van der Waals surface area contributed by atoms with Crippen LogP contribution in [-0.2, 0) is 0 Å². The molecular weight excluding hydrogens is 178 g/mol. The first-order valence-corrected chi connectivity index (χ1v) is 5.26. The molecule has 0 saturated carbocycles. The Morgan fingerprint density at radius 2 is 2.07 bits per heavy atom. The highest BCUT2D eigenvalue weighted by atomic mass is 16.2. The molecule has 0 aromatic rings. The fourth-order valence-electron chi connectivity index (χ4n) is 1.69. The first-order valence-electron chi connectivity index (χ1n) is 5.26. The Morgan fingerprint density at radius 3 is 2.71 bits per heavy atom. The molecule has 1 rings (SSSR count). The lowest BCUT2D eigenvalue weighted by atomic mass is 10.1. The Hall–Kier alpha value is -0.770. The van der Waals surface area contributed by atoms with Crippen molar-refractivity contribution in [3.05, 3.63) is 0 Å². The summed E-state index contributed by atoms with van der Waals surface area (Å²) in [6.45, 7) is 2.23. The number of hydrogen-bond acceptors (Lipinski definition) is 2. The van der Waals surface area contributed by atoms with Crippen molar-refractivity contribution in [3.63, 3.8) is 0 Å². The van der Waals surface area contributed by atoms with Crippen LogP contribution in [0.15, 0.2) is 0 Å². The Labute approximate surface area is 86.2 Å². The van der Waals surface area contributed by atoms with Gasteiger partial charge in [0.2, 0.25) is 0 Å². The molecular formula is C10H21N3O. The minimum Gasteiger partial charge on any atom is -0.335 e. The molecule has 1 aliphatic heterocycles. The summed E-state index contributed by atoms with van der Waals surface area (Å²) in [4.78, 5) is 15.3. The summed E-state index contributed by atoms with van der Waals surface area (Å²) in [6.07, 6.45) is 3.34. The number of nitrogens with one attached hydrogen (secondary N) is 1. The maximum absolute atomic E-state index is 11.4. The summed E-state index contributed by atoms with van der Waals surface area (Å²) in [5.74, 6) is 0. The van der Waals surface area contributed by atoms with Crippen molar-refractivity contribution in [1.82, 2.24) is 15.1 Å². The zero-order valence-corrected chi connectivity index (χ0v) is 9.42. The van der Waals surface area contributed by atoms with Gasteiger partial charge >= 0.3 is 6.03 Å². The third-order valence-electron chi connectivity index (χ3n) is 2.69. The Morgan fingerprint density at radius 1 is 1.36 bits per heavy atom. The average molecular weight is 199 g/mol. The molecule has 4 heteroatoms. The predicted molar refractivity (Wildman–Crippen MR) is 57.4 cm³/mol. The SMILES string of the molecule is CN1CCCC(NC(=O)N(C)C)CC1. The highest BCUT2D eigenvalue weighted by molar-refractivity contribution is 5.73. The van der Waals surface area contributed by atoms with Gasteiger partial charge in [-0.05, 0) is 39.4 Å². The van der Waals surface area contributed by atoms with Crippen LogP contribution in [0.3, 0.4) is 0 Å². The van der Waals surface area contributed by atoms with Crippen LogP contribution in [-0.4, -0.2) is 56.1 Å². The molecule has 1 saturated heterocycles. The standard InChI is InChI=1S/C10H21N3O/c1-12(2)10(14)11-9-5-4-7-13(3)8-6-9/h9H,4-8H2,1-3H3,(H,11,14). The van der Waals surface area contributed by atoms with Crippen LogP contribution in [0.2, 0.25) is 0 Å². The van der Waals surface area contributed by atoms with Crippen molar-refractivity contribution >= 4 is 6.03 Å².